The first-order valence-corrected chi connectivity index (χ1v) is 10.7. The average molecular weight is 476 g/mol. The molecular formula is C22H27ClFN7O2. The number of fused-ring (bicyclic) bond motifs is 1. The number of nitrogens with one attached hydrogen (secondary N) is 2. The summed E-state index contributed by atoms with van der Waals surface area (Å²) in [7, 11) is 1.86. The number of aromatic nitrogens is 3. The molecule has 5 rings (SSSR count). The van der Waals surface area contributed by atoms with Gasteiger partial charge in [0.15, 0.2) is 11.6 Å². The van der Waals surface area contributed by atoms with Crippen LogP contribution in [0.2, 0.25) is 0 Å². The first kappa shape index (κ1) is 23.1. The number of aliphatic imine (C=N–C) groups is 1. The van der Waals surface area contributed by atoms with Crippen LogP contribution in [0.3, 0.4) is 0 Å². The van der Waals surface area contributed by atoms with Crippen LogP contribution < -0.4 is 20.1 Å². The lowest BCUT2D eigenvalue weighted by Crippen LogP contribution is -2.53. The molecule has 0 amide bonds. The van der Waals surface area contributed by atoms with Gasteiger partial charge in [-0.3, -0.25) is 14.6 Å². The molecule has 0 bridgehead atoms. The Morgan fingerprint density at radius 2 is 2.12 bits per heavy atom. The summed E-state index contributed by atoms with van der Waals surface area (Å²) in [6.07, 6.45) is 9.14. The maximum Gasteiger partial charge on any atom is 0.251 e. The molecule has 2 unspecified atom stereocenters. The normalized spacial score (nSPS) is 22.2. The van der Waals surface area contributed by atoms with E-state index in [1.165, 1.54) is 12.3 Å². The highest BCUT2D eigenvalue weighted by atomic mass is 35.5. The molecule has 1 fully saturated rings. The highest BCUT2D eigenvalue weighted by Gasteiger charge is 2.29. The second kappa shape index (κ2) is 9.80. The van der Waals surface area contributed by atoms with E-state index < -0.39 is 5.82 Å². The summed E-state index contributed by atoms with van der Waals surface area (Å²) in [5.41, 5.74) is 1.01. The number of likely N-dealkylation sites (N-methyl/N-ethyl adjacent to an activating group) is 1. The van der Waals surface area contributed by atoms with Crippen molar-refractivity contribution in [3.05, 3.63) is 53.9 Å². The molecule has 4 heterocycles. The maximum atomic E-state index is 14.6. The predicted molar refractivity (Wildman–Crippen MR) is 125 cm³/mol. The standard InChI is InChI=1S/C22H26FN7O2.ClH/c1-3-30-11-16(12-30)31-15-9-18(23)22(24-10-15)32-14-4-5-19-17(8-14)21(26-13-25-19)27-20-6-7-29(2)28-20;/h4-7,9-10,13-14,16,19H,3,8,11-12H2,1-2H3,(H,25,26)(H,27,28);1H. The summed E-state index contributed by atoms with van der Waals surface area (Å²) in [6, 6.07) is 3.13. The van der Waals surface area contributed by atoms with Gasteiger partial charge in [-0.2, -0.15) is 5.10 Å². The van der Waals surface area contributed by atoms with E-state index in [1.54, 1.807) is 11.0 Å². The lowest BCUT2D eigenvalue weighted by molar-refractivity contribution is 0.0233. The molecule has 0 saturated carbocycles. The third-order valence-corrected chi connectivity index (χ3v) is 5.74. The van der Waals surface area contributed by atoms with Crippen molar-refractivity contribution >= 4 is 24.6 Å². The lowest BCUT2D eigenvalue weighted by atomic mass is 9.93. The first-order chi connectivity index (χ1) is 15.6. The van der Waals surface area contributed by atoms with Crippen LogP contribution in [0, 0.1) is 5.82 Å². The molecular weight excluding hydrogens is 449 g/mol. The van der Waals surface area contributed by atoms with Crippen LogP contribution in [0.25, 0.3) is 0 Å². The number of ether oxygens (including phenoxy) is 2. The molecule has 9 nitrogen and oxygen atoms in total. The lowest BCUT2D eigenvalue weighted by Gasteiger charge is -2.38. The van der Waals surface area contributed by atoms with Crippen molar-refractivity contribution in [2.45, 2.75) is 31.6 Å². The topological polar surface area (TPSA) is 88.8 Å². The number of anilines is 1. The van der Waals surface area contributed by atoms with Gasteiger partial charge in [0.25, 0.3) is 5.88 Å². The molecule has 2 aromatic heterocycles. The highest BCUT2D eigenvalue weighted by Crippen LogP contribution is 2.29. The van der Waals surface area contributed by atoms with E-state index in [0.29, 0.717) is 12.2 Å². The van der Waals surface area contributed by atoms with E-state index in [0.717, 1.165) is 36.8 Å². The van der Waals surface area contributed by atoms with Gasteiger partial charge in [-0.25, -0.2) is 9.37 Å². The molecule has 0 spiro atoms. The number of rotatable bonds is 7. The number of hydrogen-bond donors (Lipinski definition) is 2. The summed E-state index contributed by atoms with van der Waals surface area (Å²) in [6.45, 7) is 4.80. The molecule has 0 aromatic carbocycles. The van der Waals surface area contributed by atoms with Crippen molar-refractivity contribution in [2.75, 3.05) is 25.0 Å². The molecule has 2 atom stereocenters. The van der Waals surface area contributed by atoms with E-state index in [1.807, 2.05) is 31.5 Å². The molecule has 11 heteroatoms. The van der Waals surface area contributed by atoms with Crippen LogP contribution in [0.1, 0.15) is 13.3 Å². The van der Waals surface area contributed by atoms with Crippen molar-refractivity contribution in [1.29, 1.82) is 0 Å². The van der Waals surface area contributed by atoms with Gasteiger partial charge in [-0.1, -0.05) is 13.0 Å². The first-order valence-electron chi connectivity index (χ1n) is 10.7. The number of pyridine rings is 1. The Balaban J connectivity index is 0.00000259. The second-order valence-corrected chi connectivity index (χ2v) is 8.06. The number of likely N-dealkylation sites (tertiary alicyclic amines) is 1. The molecule has 2 aromatic rings. The van der Waals surface area contributed by atoms with Gasteiger partial charge in [0.1, 0.15) is 23.8 Å². The Labute approximate surface area is 197 Å². The van der Waals surface area contributed by atoms with Gasteiger partial charge in [-0.15, -0.1) is 12.4 Å². The number of aryl methyl sites for hydroxylation is 1. The van der Waals surface area contributed by atoms with Gasteiger partial charge in [0.2, 0.25) is 0 Å². The van der Waals surface area contributed by atoms with Crippen LogP contribution in [0.15, 0.2) is 53.1 Å². The van der Waals surface area contributed by atoms with Crippen molar-refractivity contribution in [2.24, 2.45) is 12.0 Å². The van der Waals surface area contributed by atoms with Crippen LogP contribution in [-0.2, 0) is 7.05 Å². The SMILES string of the molecule is CCN1CC(Oc2cnc(OC3C=CC4N=CNC(Nc5ccn(C)n5)=C4C3)c(F)c2)C1.Cl. The van der Waals surface area contributed by atoms with Crippen molar-refractivity contribution in [1.82, 2.24) is 25.0 Å². The minimum atomic E-state index is -0.537. The minimum absolute atomic E-state index is 0. The number of halogens is 2. The van der Waals surface area contributed by atoms with Crippen LogP contribution >= 0.6 is 12.4 Å². The zero-order valence-electron chi connectivity index (χ0n) is 18.4. The molecule has 3 aliphatic rings. The summed E-state index contributed by atoms with van der Waals surface area (Å²) < 4.78 is 28.0. The van der Waals surface area contributed by atoms with E-state index in [4.69, 9.17) is 9.47 Å². The van der Waals surface area contributed by atoms with E-state index in [9.17, 15) is 4.39 Å². The fourth-order valence-electron chi connectivity index (χ4n) is 3.97. The number of hydrogen-bond acceptors (Lipinski definition) is 8. The summed E-state index contributed by atoms with van der Waals surface area (Å²) in [5, 5.41) is 10.8. The van der Waals surface area contributed by atoms with Crippen molar-refractivity contribution in [3.63, 3.8) is 0 Å². The highest BCUT2D eigenvalue weighted by molar-refractivity contribution is 5.85. The van der Waals surface area contributed by atoms with Crippen molar-refractivity contribution < 1.29 is 13.9 Å². The fraction of sp³-hybridized carbons (Fsp3) is 0.409. The molecule has 0 radical (unpaired) electrons. The molecule has 33 heavy (non-hydrogen) atoms. The zero-order valence-corrected chi connectivity index (χ0v) is 19.3. The zero-order chi connectivity index (χ0) is 22.1. The Bertz CT molecular complexity index is 1080. The molecule has 176 valence electrons. The predicted octanol–water partition coefficient (Wildman–Crippen LogP) is 2.49. The van der Waals surface area contributed by atoms with Gasteiger partial charge in [-0.05, 0) is 12.6 Å². The summed E-state index contributed by atoms with van der Waals surface area (Å²) in [4.78, 5) is 10.9. The Kier molecular flexibility index (Phi) is 6.85. The van der Waals surface area contributed by atoms with Crippen molar-refractivity contribution in [3.8, 4) is 11.6 Å². The smallest absolute Gasteiger partial charge is 0.251 e. The van der Waals surface area contributed by atoms with Crippen LogP contribution in [0.5, 0.6) is 11.6 Å². The van der Waals surface area contributed by atoms with E-state index in [-0.39, 0.29) is 36.5 Å². The van der Waals surface area contributed by atoms with Gasteiger partial charge >= 0.3 is 0 Å². The maximum absolute atomic E-state index is 14.6. The molecule has 2 aliphatic heterocycles. The monoisotopic (exact) mass is 475 g/mol. The summed E-state index contributed by atoms with van der Waals surface area (Å²) >= 11 is 0. The average Bonchev–Trinajstić information content (AvgIpc) is 3.17. The summed E-state index contributed by atoms with van der Waals surface area (Å²) in [5.74, 6) is 1.37. The quantitative estimate of drug-likeness (QED) is 0.595. The second-order valence-electron chi connectivity index (χ2n) is 8.06. The third-order valence-electron chi connectivity index (χ3n) is 5.74. The van der Waals surface area contributed by atoms with Gasteiger partial charge in [0, 0.05) is 50.5 Å². The molecule has 2 N–H and O–H groups in total. The Morgan fingerprint density at radius 1 is 1.27 bits per heavy atom. The minimum Gasteiger partial charge on any atom is -0.486 e. The van der Waals surface area contributed by atoms with Crippen LogP contribution in [-0.4, -0.2) is 63.9 Å². The van der Waals surface area contributed by atoms with Gasteiger partial charge in [0.05, 0.1) is 18.6 Å². The largest absolute Gasteiger partial charge is 0.486 e. The molecule has 1 aliphatic carbocycles. The van der Waals surface area contributed by atoms with Crippen LogP contribution in [0.4, 0.5) is 10.2 Å². The molecule has 1 saturated heterocycles. The van der Waals surface area contributed by atoms with E-state index >= 15 is 0 Å². The van der Waals surface area contributed by atoms with E-state index in [2.05, 4.69) is 37.5 Å². The number of nitrogens with zero attached hydrogens (tertiary/aromatic N) is 5. The van der Waals surface area contributed by atoms with Gasteiger partial charge < -0.3 is 20.1 Å². The Morgan fingerprint density at radius 3 is 2.85 bits per heavy atom. The fourth-order valence-corrected chi connectivity index (χ4v) is 3.97. The third kappa shape index (κ3) is 5.12. The Hall–Kier alpha value is -3.11.